The van der Waals surface area contributed by atoms with Crippen LogP contribution in [0.5, 0.6) is 5.75 Å². The number of esters is 1. The van der Waals surface area contributed by atoms with E-state index in [1.165, 1.54) is 19.1 Å². The Kier molecular flexibility index (Phi) is 4.95. The summed E-state index contributed by atoms with van der Waals surface area (Å²) in [6.07, 6.45) is 0. The molecule has 6 heteroatoms. The normalized spacial score (nSPS) is 12.6. The van der Waals surface area contributed by atoms with Gasteiger partial charge in [0.15, 0.2) is 0 Å². The first kappa shape index (κ1) is 16.2. The Hall–Kier alpha value is -2.18. The highest BCUT2D eigenvalue weighted by molar-refractivity contribution is 7.89. The van der Waals surface area contributed by atoms with E-state index >= 15 is 0 Å². The van der Waals surface area contributed by atoms with Crippen molar-refractivity contribution in [2.24, 2.45) is 0 Å². The van der Waals surface area contributed by atoms with E-state index in [1.807, 2.05) is 6.92 Å². The van der Waals surface area contributed by atoms with Crippen LogP contribution in [0.15, 0.2) is 59.5 Å². The summed E-state index contributed by atoms with van der Waals surface area (Å²) in [5, 5.41) is 0. The fourth-order valence-corrected chi connectivity index (χ4v) is 2.95. The topological polar surface area (TPSA) is 72.5 Å². The molecule has 0 aliphatic carbocycles. The Balaban J connectivity index is 2.05. The molecule has 0 amide bonds. The van der Waals surface area contributed by atoms with Gasteiger partial charge in [-0.25, -0.2) is 13.2 Å². The summed E-state index contributed by atoms with van der Waals surface area (Å²) in [5.74, 6) is -0.296. The molecule has 1 N–H and O–H groups in total. The van der Waals surface area contributed by atoms with E-state index in [0.29, 0.717) is 5.75 Å². The van der Waals surface area contributed by atoms with Crippen molar-refractivity contribution in [2.45, 2.75) is 24.8 Å². The molecule has 2 aromatic carbocycles. The fraction of sp³-hybridized carbons (Fsp3) is 0.188. The molecular weight excluding hydrogens is 302 g/mol. The van der Waals surface area contributed by atoms with Crippen LogP contribution < -0.4 is 9.46 Å². The second kappa shape index (κ2) is 6.72. The number of nitrogens with one attached hydrogen (secondary N) is 1. The number of hydrogen-bond donors (Lipinski definition) is 1. The summed E-state index contributed by atoms with van der Waals surface area (Å²) >= 11 is 0. The van der Waals surface area contributed by atoms with Gasteiger partial charge in [-0.3, -0.25) is 0 Å². The quantitative estimate of drug-likeness (QED) is 0.678. The maximum Gasteiger partial charge on any atom is 0.329 e. The summed E-state index contributed by atoms with van der Waals surface area (Å²) < 4.78 is 31.8. The molecule has 2 aromatic rings. The lowest BCUT2D eigenvalue weighted by Crippen LogP contribution is -2.40. The van der Waals surface area contributed by atoms with Crippen LogP contribution in [0.25, 0.3) is 0 Å². The Bertz CT molecular complexity index is 739. The van der Waals surface area contributed by atoms with Crippen molar-refractivity contribution in [3.63, 3.8) is 0 Å². The van der Waals surface area contributed by atoms with Gasteiger partial charge < -0.3 is 4.74 Å². The Morgan fingerprint density at radius 3 is 2.23 bits per heavy atom. The second-order valence-corrected chi connectivity index (χ2v) is 6.60. The number of carbonyl (C=O) groups excluding carboxylic acids is 1. The van der Waals surface area contributed by atoms with Crippen LogP contribution in [0.2, 0.25) is 0 Å². The van der Waals surface area contributed by atoms with E-state index in [4.69, 9.17) is 4.74 Å². The first-order valence-corrected chi connectivity index (χ1v) is 8.22. The predicted molar refractivity (Wildman–Crippen MR) is 83.0 cm³/mol. The third-order valence-electron chi connectivity index (χ3n) is 2.98. The highest BCUT2D eigenvalue weighted by Crippen LogP contribution is 2.12. The fourth-order valence-electron chi connectivity index (χ4n) is 1.76. The predicted octanol–water partition coefficient (Wildman–Crippen LogP) is 2.27. The third kappa shape index (κ3) is 4.16. The number of para-hydroxylation sites is 1. The molecule has 116 valence electrons. The molecule has 0 fully saturated rings. The van der Waals surface area contributed by atoms with Crippen LogP contribution in [0.1, 0.15) is 12.5 Å². The monoisotopic (exact) mass is 319 g/mol. The van der Waals surface area contributed by atoms with E-state index in [9.17, 15) is 13.2 Å². The number of rotatable bonds is 5. The molecule has 5 nitrogen and oxygen atoms in total. The average Bonchev–Trinajstić information content (AvgIpc) is 2.48. The first-order chi connectivity index (χ1) is 10.4. The SMILES string of the molecule is Cc1ccc(S(=O)(=O)NC(C)C(=O)Oc2ccccc2)cc1. The van der Waals surface area contributed by atoms with Crippen LogP contribution in [0.4, 0.5) is 0 Å². The van der Waals surface area contributed by atoms with Crippen molar-refractivity contribution in [1.29, 1.82) is 0 Å². The van der Waals surface area contributed by atoms with Crippen LogP contribution in [-0.2, 0) is 14.8 Å². The number of carbonyl (C=O) groups is 1. The maximum atomic E-state index is 12.2. The Morgan fingerprint density at radius 1 is 1.05 bits per heavy atom. The zero-order valence-corrected chi connectivity index (χ0v) is 13.1. The number of benzene rings is 2. The molecule has 0 spiro atoms. The van der Waals surface area contributed by atoms with Gasteiger partial charge in [-0.15, -0.1) is 0 Å². The summed E-state index contributed by atoms with van der Waals surface area (Å²) in [6.45, 7) is 3.31. The lowest BCUT2D eigenvalue weighted by molar-refractivity contribution is -0.135. The molecular formula is C16H17NO4S. The van der Waals surface area contributed by atoms with Gasteiger partial charge in [-0.05, 0) is 38.1 Å². The molecule has 0 saturated carbocycles. The zero-order chi connectivity index (χ0) is 16.2. The van der Waals surface area contributed by atoms with Crippen molar-refractivity contribution in [1.82, 2.24) is 4.72 Å². The molecule has 0 heterocycles. The molecule has 0 aliphatic heterocycles. The minimum absolute atomic E-state index is 0.109. The van der Waals surface area contributed by atoms with Crippen LogP contribution >= 0.6 is 0 Å². The molecule has 0 bridgehead atoms. The van der Waals surface area contributed by atoms with Crippen molar-refractivity contribution in [3.8, 4) is 5.75 Å². The molecule has 0 aliphatic rings. The Labute approximate surface area is 130 Å². The molecule has 0 aromatic heterocycles. The molecule has 2 rings (SSSR count). The number of sulfonamides is 1. The lowest BCUT2D eigenvalue weighted by Gasteiger charge is -2.13. The molecule has 1 atom stereocenters. The summed E-state index contributed by atoms with van der Waals surface area (Å²) in [4.78, 5) is 12.0. The number of ether oxygens (including phenoxy) is 1. The van der Waals surface area contributed by atoms with E-state index in [1.54, 1.807) is 42.5 Å². The lowest BCUT2D eigenvalue weighted by atomic mass is 10.2. The van der Waals surface area contributed by atoms with Gasteiger partial charge in [0.25, 0.3) is 0 Å². The highest BCUT2D eigenvalue weighted by Gasteiger charge is 2.23. The van der Waals surface area contributed by atoms with E-state index in [2.05, 4.69) is 4.72 Å². The summed E-state index contributed by atoms with van der Waals surface area (Å²) in [7, 11) is -3.76. The van der Waals surface area contributed by atoms with Gasteiger partial charge in [0.1, 0.15) is 11.8 Å². The maximum absolute atomic E-state index is 12.2. The largest absolute Gasteiger partial charge is 0.425 e. The van der Waals surface area contributed by atoms with Crippen molar-refractivity contribution < 1.29 is 17.9 Å². The average molecular weight is 319 g/mol. The number of hydrogen-bond acceptors (Lipinski definition) is 4. The summed E-state index contributed by atoms with van der Waals surface area (Å²) in [5.41, 5.74) is 0.954. The minimum Gasteiger partial charge on any atom is -0.425 e. The van der Waals surface area contributed by atoms with Crippen LogP contribution in [-0.4, -0.2) is 20.4 Å². The van der Waals surface area contributed by atoms with Gasteiger partial charge in [0.05, 0.1) is 4.90 Å². The number of aryl methyl sites for hydroxylation is 1. The van der Waals surface area contributed by atoms with Crippen molar-refractivity contribution in [2.75, 3.05) is 0 Å². The molecule has 0 saturated heterocycles. The third-order valence-corrected chi connectivity index (χ3v) is 4.54. The van der Waals surface area contributed by atoms with Crippen molar-refractivity contribution in [3.05, 3.63) is 60.2 Å². The zero-order valence-electron chi connectivity index (χ0n) is 12.3. The van der Waals surface area contributed by atoms with Crippen molar-refractivity contribution >= 4 is 16.0 Å². The highest BCUT2D eigenvalue weighted by atomic mass is 32.2. The molecule has 1 unspecified atom stereocenters. The van der Waals surface area contributed by atoms with Crippen LogP contribution in [0, 0.1) is 6.92 Å². The Morgan fingerprint density at radius 2 is 1.64 bits per heavy atom. The van der Waals surface area contributed by atoms with Gasteiger partial charge in [0.2, 0.25) is 10.0 Å². The van der Waals surface area contributed by atoms with Crippen LogP contribution in [0.3, 0.4) is 0 Å². The van der Waals surface area contributed by atoms with E-state index in [0.717, 1.165) is 5.56 Å². The van der Waals surface area contributed by atoms with E-state index < -0.39 is 22.0 Å². The first-order valence-electron chi connectivity index (χ1n) is 6.74. The van der Waals surface area contributed by atoms with E-state index in [-0.39, 0.29) is 4.90 Å². The minimum atomic E-state index is -3.76. The molecule has 0 radical (unpaired) electrons. The smallest absolute Gasteiger partial charge is 0.329 e. The second-order valence-electron chi connectivity index (χ2n) is 4.89. The molecule has 22 heavy (non-hydrogen) atoms. The summed E-state index contributed by atoms with van der Waals surface area (Å²) in [6, 6.07) is 13.9. The standard InChI is InChI=1S/C16H17NO4S/c1-12-8-10-15(11-9-12)22(19,20)17-13(2)16(18)21-14-6-4-3-5-7-14/h3-11,13,17H,1-2H3. The van der Waals surface area contributed by atoms with Gasteiger partial charge in [0, 0.05) is 0 Å². The van der Waals surface area contributed by atoms with Gasteiger partial charge in [-0.1, -0.05) is 35.9 Å². The van der Waals surface area contributed by atoms with Gasteiger partial charge in [-0.2, -0.15) is 4.72 Å². The van der Waals surface area contributed by atoms with Gasteiger partial charge >= 0.3 is 5.97 Å².